The van der Waals surface area contributed by atoms with Crippen LogP contribution in [0.2, 0.25) is 0 Å². The van der Waals surface area contributed by atoms with Gasteiger partial charge < -0.3 is 15.1 Å². The minimum absolute atomic E-state index is 0.0201. The normalized spacial score (nSPS) is 21.5. The molecule has 130 valence electrons. The van der Waals surface area contributed by atoms with E-state index in [2.05, 4.69) is 22.3 Å². The zero-order chi connectivity index (χ0) is 16.9. The lowest BCUT2D eigenvalue weighted by atomic mass is 9.97. The van der Waals surface area contributed by atoms with Crippen LogP contribution in [0.5, 0.6) is 0 Å². The van der Waals surface area contributed by atoms with Crippen molar-refractivity contribution in [2.24, 2.45) is 5.92 Å². The standard InChI is InChI=1S/C19H27N3O2/c1-15(23)22-13-5-6-16(14-22)19(24)20-17-7-9-18(10-8-17)21-11-3-2-4-12-21/h7-10,16H,2-6,11-14H2,1H3,(H,20,24). The minimum Gasteiger partial charge on any atom is -0.372 e. The number of amides is 2. The Morgan fingerprint density at radius 3 is 2.38 bits per heavy atom. The molecule has 2 aliphatic rings. The molecule has 0 radical (unpaired) electrons. The molecule has 2 heterocycles. The number of rotatable bonds is 3. The number of hydrogen-bond donors (Lipinski definition) is 1. The number of carbonyl (C=O) groups excluding carboxylic acids is 2. The number of anilines is 2. The van der Waals surface area contributed by atoms with Gasteiger partial charge in [0.25, 0.3) is 0 Å². The molecule has 2 amide bonds. The Morgan fingerprint density at radius 1 is 1.00 bits per heavy atom. The average molecular weight is 329 g/mol. The van der Waals surface area contributed by atoms with Crippen LogP contribution in [0.3, 0.4) is 0 Å². The molecule has 5 nitrogen and oxygen atoms in total. The predicted molar refractivity (Wildman–Crippen MR) is 96.1 cm³/mol. The number of hydrogen-bond acceptors (Lipinski definition) is 3. The van der Waals surface area contributed by atoms with Gasteiger partial charge in [-0.3, -0.25) is 9.59 Å². The molecule has 0 saturated carbocycles. The van der Waals surface area contributed by atoms with Crippen molar-refractivity contribution in [3.8, 4) is 0 Å². The third kappa shape index (κ3) is 4.08. The van der Waals surface area contributed by atoms with Gasteiger partial charge in [-0.15, -0.1) is 0 Å². The maximum absolute atomic E-state index is 12.5. The fraction of sp³-hybridized carbons (Fsp3) is 0.579. The van der Waals surface area contributed by atoms with E-state index in [1.165, 1.54) is 24.9 Å². The second-order valence-corrected chi connectivity index (χ2v) is 6.89. The molecule has 2 saturated heterocycles. The molecule has 5 heteroatoms. The lowest BCUT2D eigenvalue weighted by Gasteiger charge is -2.31. The van der Waals surface area contributed by atoms with E-state index in [0.29, 0.717) is 6.54 Å². The highest BCUT2D eigenvalue weighted by Crippen LogP contribution is 2.23. The predicted octanol–water partition coefficient (Wildman–Crippen LogP) is 2.87. The van der Waals surface area contributed by atoms with Gasteiger partial charge in [0, 0.05) is 44.5 Å². The first kappa shape index (κ1) is 16.8. The van der Waals surface area contributed by atoms with E-state index < -0.39 is 0 Å². The maximum atomic E-state index is 12.5. The van der Waals surface area contributed by atoms with Crippen LogP contribution in [-0.4, -0.2) is 42.9 Å². The zero-order valence-electron chi connectivity index (χ0n) is 14.5. The van der Waals surface area contributed by atoms with Gasteiger partial charge in [0.15, 0.2) is 0 Å². The first-order valence-corrected chi connectivity index (χ1v) is 9.05. The highest BCUT2D eigenvalue weighted by molar-refractivity contribution is 5.93. The first-order valence-electron chi connectivity index (χ1n) is 9.05. The van der Waals surface area contributed by atoms with Crippen molar-refractivity contribution in [1.82, 2.24) is 4.90 Å². The second kappa shape index (κ2) is 7.69. The molecule has 1 aromatic rings. The van der Waals surface area contributed by atoms with E-state index in [1.807, 2.05) is 12.1 Å². The molecule has 0 aromatic heterocycles. The van der Waals surface area contributed by atoms with E-state index in [1.54, 1.807) is 11.8 Å². The summed E-state index contributed by atoms with van der Waals surface area (Å²) in [5.41, 5.74) is 2.06. The number of likely N-dealkylation sites (tertiary alicyclic amines) is 1. The topological polar surface area (TPSA) is 52.7 Å². The second-order valence-electron chi connectivity index (χ2n) is 6.89. The first-order chi connectivity index (χ1) is 11.6. The Labute approximate surface area is 144 Å². The molecule has 1 N–H and O–H groups in total. The molecule has 1 unspecified atom stereocenters. The summed E-state index contributed by atoms with van der Waals surface area (Å²) in [6.45, 7) is 5.11. The fourth-order valence-electron chi connectivity index (χ4n) is 3.63. The summed E-state index contributed by atoms with van der Waals surface area (Å²) in [5.74, 6) is -0.0329. The van der Waals surface area contributed by atoms with Crippen LogP contribution < -0.4 is 10.2 Å². The molecule has 2 aliphatic heterocycles. The molecular formula is C19H27N3O2. The lowest BCUT2D eigenvalue weighted by molar-refractivity contribution is -0.132. The Hall–Kier alpha value is -2.04. The number of nitrogens with zero attached hydrogens (tertiary/aromatic N) is 2. The summed E-state index contributed by atoms with van der Waals surface area (Å²) in [5, 5.41) is 3.01. The van der Waals surface area contributed by atoms with Crippen molar-refractivity contribution in [2.45, 2.75) is 39.0 Å². The molecule has 0 bridgehead atoms. The SMILES string of the molecule is CC(=O)N1CCCC(C(=O)Nc2ccc(N3CCCCC3)cc2)C1. The highest BCUT2D eigenvalue weighted by Gasteiger charge is 2.27. The van der Waals surface area contributed by atoms with Crippen LogP contribution in [-0.2, 0) is 9.59 Å². The molecular weight excluding hydrogens is 302 g/mol. The monoisotopic (exact) mass is 329 g/mol. The van der Waals surface area contributed by atoms with Crippen molar-refractivity contribution >= 4 is 23.2 Å². The molecule has 1 aromatic carbocycles. The van der Waals surface area contributed by atoms with Crippen molar-refractivity contribution in [3.05, 3.63) is 24.3 Å². The van der Waals surface area contributed by atoms with Crippen LogP contribution in [0.15, 0.2) is 24.3 Å². The zero-order valence-corrected chi connectivity index (χ0v) is 14.5. The van der Waals surface area contributed by atoms with Crippen molar-refractivity contribution in [2.75, 3.05) is 36.4 Å². The van der Waals surface area contributed by atoms with Gasteiger partial charge in [-0.05, 0) is 56.4 Å². The molecule has 1 atom stereocenters. The quantitative estimate of drug-likeness (QED) is 0.928. The molecule has 0 aliphatic carbocycles. The van der Waals surface area contributed by atoms with Gasteiger partial charge in [0.1, 0.15) is 0 Å². The third-order valence-electron chi connectivity index (χ3n) is 5.09. The van der Waals surface area contributed by atoms with Crippen molar-refractivity contribution in [1.29, 1.82) is 0 Å². The van der Waals surface area contributed by atoms with Gasteiger partial charge in [0.05, 0.1) is 5.92 Å². The fourth-order valence-corrected chi connectivity index (χ4v) is 3.63. The molecule has 24 heavy (non-hydrogen) atoms. The summed E-state index contributed by atoms with van der Waals surface area (Å²) >= 11 is 0. The summed E-state index contributed by atoms with van der Waals surface area (Å²) in [4.78, 5) is 28.1. The average Bonchev–Trinajstić information content (AvgIpc) is 2.63. The minimum atomic E-state index is -0.107. The maximum Gasteiger partial charge on any atom is 0.229 e. The molecule has 2 fully saturated rings. The van der Waals surface area contributed by atoms with Crippen LogP contribution in [0, 0.1) is 5.92 Å². The molecule has 0 spiro atoms. The van der Waals surface area contributed by atoms with Crippen LogP contribution >= 0.6 is 0 Å². The van der Waals surface area contributed by atoms with Crippen molar-refractivity contribution in [3.63, 3.8) is 0 Å². The number of benzene rings is 1. The van der Waals surface area contributed by atoms with E-state index >= 15 is 0 Å². The van der Waals surface area contributed by atoms with E-state index in [9.17, 15) is 9.59 Å². The largest absolute Gasteiger partial charge is 0.372 e. The summed E-state index contributed by atoms with van der Waals surface area (Å²) in [7, 11) is 0. The Kier molecular flexibility index (Phi) is 5.38. The van der Waals surface area contributed by atoms with Gasteiger partial charge in [0.2, 0.25) is 11.8 Å². The lowest BCUT2D eigenvalue weighted by Crippen LogP contribution is -2.42. The Morgan fingerprint density at radius 2 is 1.71 bits per heavy atom. The van der Waals surface area contributed by atoms with E-state index in [4.69, 9.17) is 0 Å². The molecule has 3 rings (SSSR count). The van der Waals surface area contributed by atoms with Gasteiger partial charge in [-0.2, -0.15) is 0 Å². The van der Waals surface area contributed by atoms with E-state index in [-0.39, 0.29) is 17.7 Å². The smallest absolute Gasteiger partial charge is 0.229 e. The van der Waals surface area contributed by atoms with Crippen LogP contribution in [0.4, 0.5) is 11.4 Å². The van der Waals surface area contributed by atoms with Crippen LogP contribution in [0.25, 0.3) is 0 Å². The van der Waals surface area contributed by atoms with Gasteiger partial charge in [-0.1, -0.05) is 0 Å². The van der Waals surface area contributed by atoms with Crippen LogP contribution in [0.1, 0.15) is 39.0 Å². The Bertz CT molecular complexity index is 579. The van der Waals surface area contributed by atoms with Gasteiger partial charge >= 0.3 is 0 Å². The third-order valence-corrected chi connectivity index (χ3v) is 5.09. The summed E-state index contributed by atoms with van der Waals surface area (Å²) < 4.78 is 0. The summed E-state index contributed by atoms with van der Waals surface area (Å²) in [6.07, 6.45) is 5.58. The van der Waals surface area contributed by atoms with E-state index in [0.717, 1.165) is 38.2 Å². The highest BCUT2D eigenvalue weighted by atomic mass is 16.2. The van der Waals surface area contributed by atoms with Crippen molar-refractivity contribution < 1.29 is 9.59 Å². The number of piperidine rings is 2. The number of carbonyl (C=O) groups is 2. The van der Waals surface area contributed by atoms with Gasteiger partial charge in [-0.25, -0.2) is 0 Å². The number of nitrogens with one attached hydrogen (secondary N) is 1. The Balaban J connectivity index is 1.57. The summed E-state index contributed by atoms with van der Waals surface area (Å²) in [6, 6.07) is 8.13.